The molecule has 0 saturated heterocycles. The number of rotatable bonds is 4. The van der Waals surface area contributed by atoms with Crippen molar-refractivity contribution in [3.63, 3.8) is 0 Å². The first-order valence-corrected chi connectivity index (χ1v) is 7.17. The molecule has 0 aromatic heterocycles. The number of carbonyl (C=O) groups is 1. The molecule has 2 aromatic carbocycles. The number of benzene rings is 2. The highest BCUT2D eigenvalue weighted by Gasteiger charge is 2.15. The fourth-order valence-corrected chi connectivity index (χ4v) is 2.32. The lowest BCUT2D eigenvalue weighted by Crippen LogP contribution is -2.27. The summed E-state index contributed by atoms with van der Waals surface area (Å²) in [6, 6.07) is 13.4. The molecule has 0 aliphatic rings. The zero-order chi connectivity index (χ0) is 15.4. The zero-order valence-electron chi connectivity index (χ0n) is 12.5. The SMILES string of the molecule is CNc1ccc(C)cc1C(=O)N(C)Cc1ccc(Cl)cc1. The number of hydrogen-bond acceptors (Lipinski definition) is 2. The molecule has 0 fully saturated rings. The standard InChI is InChI=1S/C17H19ClN2O/c1-12-4-9-16(19-2)15(10-12)17(21)20(3)11-13-5-7-14(18)8-6-13/h4-10,19H,11H2,1-3H3. The molecule has 21 heavy (non-hydrogen) atoms. The summed E-state index contributed by atoms with van der Waals surface area (Å²) in [6.07, 6.45) is 0. The molecule has 2 rings (SSSR count). The first-order chi connectivity index (χ1) is 10.0. The van der Waals surface area contributed by atoms with Crippen LogP contribution in [0.15, 0.2) is 42.5 Å². The molecule has 1 amide bonds. The second kappa shape index (κ2) is 6.64. The zero-order valence-corrected chi connectivity index (χ0v) is 13.2. The average molecular weight is 303 g/mol. The second-order valence-electron chi connectivity index (χ2n) is 5.09. The average Bonchev–Trinajstić information content (AvgIpc) is 2.48. The second-order valence-corrected chi connectivity index (χ2v) is 5.52. The Labute approximate surface area is 130 Å². The summed E-state index contributed by atoms with van der Waals surface area (Å²) in [5.74, 6) is -0.00185. The number of aryl methyl sites for hydroxylation is 1. The molecule has 0 spiro atoms. The van der Waals surface area contributed by atoms with Crippen LogP contribution in [0.5, 0.6) is 0 Å². The first kappa shape index (κ1) is 15.4. The smallest absolute Gasteiger partial charge is 0.256 e. The molecular weight excluding hydrogens is 284 g/mol. The van der Waals surface area contributed by atoms with Crippen LogP contribution >= 0.6 is 11.6 Å². The van der Waals surface area contributed by atoms with Crippen molar-refractivity contribution in [2.75, 3.05) is 19.4 Å². The van der Waals surface area contributed by atoms with Crippen LogP contribution in [0.3, 0.4) is 0 Å². The molecule has 0 bridgehead atoms. The maximum atomic E-state index is 12.6. The number of nitrogens with zero attached hydrogens (tertiary/aromatic N) is 1. The van der Waals surface area contributed by atoms with Crippen LogP contribution in [-0.4, -0.2) is 24.9 Å². The van der Waals surface area contributed by atoms with Gasteiger partial charge in [-0.3, -0.25) is 4.79 Å². The summed E-state index contributed by atoms with van der Waals surface area (Å²) in [5, 5.41) is 3.76. The van der Waals surface area contributed by atoms with E-state index in [2.05, 4.69) is 5.32 Å². The van der Waals surface area contributed by atoms with Gasteiger partial charge in [-0.15, -0.1) is 0 Å². The quantitative estimate of drug-likeness (QED) is 0.927. The molecule has 110 valence electrons. The van der Waals surface area contributed by atoms with Crippen LogP contribution in [0.25, 0.3) is 0 Å². The lowest BCUT2D eigenvalue weighted by Gasteiger charge is -2.19. The van der Waals surface area contributed by atoms with E-state index in [1.165, 1.54) is 0 Å². The number of carbonyl (C=O) groups excluding carboxylic acids is 1. The molecule has 0 radical (unpaired) electrons. The lowest BCUT2D eigenvalue weighted by molar-refractivity contribution is 0.0786. The summed E-state index contributed by atoms with van der Waals surface area (Å²) >= 11 is 5.87. The summed E-state index contributed by atoms with van der Waals surface area (Å²) in [4.78, 5) is 14.3. The van der Waals surface area contributed by atoms with Crippen molar-refractivity contribution in [3.8, 4) is 0 Å². The number of amides is 1. The number of nitrogens with one attached hydrogen (secondary N) is 1. The Morgan fingerprint density at radius 3 is 2.48 bits per heavy atom. The van der Waals surface area contributed by atoms with E-state index < -0.39 is 0 Å². The molecule has 0 aliphatic heterocycles. The fraction of sp³-hybridized carbons (Fsp3) is 0.235. The highest BCUT2D eigenvalue weighted by Crippen LogP contribution is 2.19. The van der Waals surface area contributed by atoms with E-state index in [0.717, 1.165) is 16.8 Å². The topological polar surface area (TPSA) is 32.3 Å². The highest BCUT2D eigenvalue weighted by atomic mass is 35.5. The molecule has 0 unspecified atom stereocenters. The van der Waals surface area contributed by atoms with Gasteiger partial charge in [0.15, 0.2) is 0 Å². The van der Waals surface area contributed by atoms with Crippen LogP contribution < -0.4 is 5.32 Å². The molecule has 4 heteroatoms. The van der Waals surface area contributed by atoms with Gasteiger partial charge in [0.2, 0.25) is 0 Å². The molecule has 1 N–H and O–H groups in total. The van der Waals surface area contributed by atoms with Gasteiger partial charge in [0.1, 0.15) is 0 Å². The van der Waals surface area contributed by atoms with Crippen molar-refractivity contribution in [3.05, 3.63) is 64.2 Å². The summed E-state index contributed by atoms with van der Waals surface area (Å²) in [7, 11) is 3.62. The van der Waals surface area contributed by atoms with Gasteiger partial charge in [0.05, 0.1) is 5.56 Å². The minimum absolute atomic E-state index is 0.00185. The van der Waals surface area contributed by atoms with E-state index in [4.69, 9.17) is 11.6 Å². The number of anilines is 1. The van der Waals surface area contributed by atoms with Crippen molar-refractivity contribution in [2.45, 2.75) is 13.5 Å². The monoisotopic (exact) mass is 302 g/mol. The van der Waals surface area contributed by atoms with Gasteiger partial charge in [-0.05, 0) is 36.8 Å². The molecule has 0 heterocycles. The molecular formula is C17H19ClN2O. The minimum atomic E-state index is -0.00185. The Hall–Kier alpha value is -2.00. The fourth-order valence-electron chi connectivity index (χ4n) is 2.19. The largest absolute Gasteiger partial charge is 0.387 e. The van der Waals surface area contributed by atoms with Gasteiger partial charge in [0.25, 0.3) is 5.91 Å². The van der Waals surface area contributed by atoms with E-state index in [0.29, 0.717) is 17.1 Å². The number of halogens is 1. The third kappa shape index (κ3) is 3.76. The van der Waals surface area contributed by atoms with Gasteiger partial charge < -0.3 is 10.2 Å². The molecule has 0 aliphatic carbocycles. The normalized spacial score (nSPS) is 10.3. The van der Waals surface area contributed by atoms with Crippen molar-refractivity contribution in [1.29, 1.82) is 0 Å². The number of hydrogen-bond donors (Lipinski definition) is 1. The van der Waals surface area contributed by atoms with Gasteiger partial charge in [0, 0.05) is 31.4 Å². The maximum absolute atomic E-state index is 12.6. The predicted molar refractivity (Wildman–Crippen MR) is 88.0 cm³/mol. The van der Waals surface area contributed by atoms with Crippen molar-refractivity contribution in [1.82, 2.24) is 4.90 Å². The third-order valence-electron chi connectivity index (χ3n) is 3.35. The Kier molecular flexibility index (Phi) is 4.86. The van der Waals surface area contributed by atoms with E-state index >= 15 is 0 Å². The summed E-state index contributed by atoms with van der Waals surface area (Å²) in [6.45, 7) is 2.53. The summed E-state index contributed by atoms with van der Waals surface area (Å²) < 4.78 is 0. The molecule has 2 aromatic rings. The van der Waals surface area contributed by atoms with Crippen LogP contribution in [-0.2, 0) is 6.54 Å². The van der Waals surface area contributed by atoms with Crippen LogP contribution in [0.2, 0.25) is 5.02 Å². The van der Waals surface area contributed by atoms with Gasteiger partial charge in [-0.1, -0.05) is 35.4 Å². The Morgan fingerprint density at radius 2 is 1.86 bits per heavy atom. The Morgan fingerprint density at radius 1 is 1.19 bits per heavy atom. The Balaban J connectivity index is 2.19. The lowest BCUT2D eigenvalue weighted by atomic mass is 10.1. The van der Waals surface area contributed by atoms with Crippen molar-refractivity contribution < 1.29 is 4.79 Å². The predicted octanol–water partition coefficient (Wildman–Crippen LogP) is 3.96. The molecule has 0 atom stereocenters. The minimum Gasteiger partial charge on any atom is -0.387 e. The van der Waals surface area contributed by atoms with E-state index in [-0.39, 0.29) is 5.91 Å². The first-order valence-electron chi connectivity index (χ1n) is 6.79. The highest BCUT2D eigenvalue weighted by molar-refractivity contribution is 6.30. The third-order valence-corrected chi connectivity index (χ3v) is 3.61. The van der Waals surface area contributed by atoms with Gasteiger partial charge >= 0.3 is 0 Å². The van der Waals surface area contributed by atoms with Crippen molar-refractivity contribution in [2.24, 2.45) is 0 Å². The van der Waals surface area contributed by atoms with Crippen molar-refractivity contribution >= 4 is 23.2 Å². The van der Waals surface area contributed by atoms with E-state index in [1.807, 2.05) is 56.4 Å². The Bertz CT molecular complexity index is 638. The van der Waals surface area contributed by atoms with E-state index in [1.54, 1.807) is 11.9 Å². The van der Waals surface area contributed by atoms with Crippen LogP contribution in [0, 0.1) is 6.92 Å². The molecule has 3 nitrogen and oxygen atoms in total. The van der Waals surface area contributed by atoms with Crippen LogP contribution in [0.1, 0.15) is 21.5 Å². The van der Waals surface area contributed by atoms with E-state index in [9.17, 15) is 4.79 Å². The van der Waals surface area contributed by atoms with Crippen LogP contribution in [0.4, 0.5) is 5.69 Å². The summed E-state index contributed by atoms with van der Waals surface area (Å²) in [5.41, 5.74) is 3.65. The molecule has 0 saturated carbocycles. The maximum Gasteiger partial charge on any atom is 0.256 e. The van der Waals surface area contributed by atoms with Gasteiger partial charge in [-0.25, -0.2) is 0 Å². The van der Waals surface area contributed by atoms with Gasteiger partial charge in [-0.2, -0.15) is 0 Å².